The molecule has 28 heavy (non-hydrogen) atoms. The summed E-state index contributed by atoms with van der Waals surface area (Å²) < 4.78 is 10.3. The van der Waals surface area contributed by atoms with E-state index < -0.39 is 11.9 Å². The molecular formula is C22H31NO4S. The van der Waals surface area contributed by atoms with Gasteiger partial charge < -0.3 is 14.4 Å². The highest BCUT2D eigenvalue weighted by Crippen LogP contribution is 2.27. The Kier molecular flexibility index (Phi) is 9.87. The lowest BCUT2D eigenvalue weighted by molar-refractivity contribution is -0.140. The van der Waals surface area contributed by atoms with E-state index in [4.69, 9.17) is 9.47 Å². The molecule has 0 saturated carbocycles. The summed E-state index contributed by atoms with van der Waals surface area (Å²) >= 11 is 1.41. The van der Waals surface area contributed by atoms with E-state index in [2.05, 4.69) is 32.9 Å². The van der Waals surface area contributed by atoms with Crippen LogP contribution in [0.15, 0.2) is 34.9 Å². The fraction of sp³-hybridized carbons (Fsp3) is 0.455. The first kappa shape index (κ1) is 23.8. The Morgan fingerprint density at radius 2 is 1.50 bits per heavy atom. The molecule has 0 bridgehead atoms. The Balaban J connectivity index is 3.15. The van der Waals surface area contributed by atoms with E-state index >= 15 is 0 Å². The molecule has 154 valence electrons. The first-order valence-corrected chi connectivity index (χ1v) is 10.3. The van der Waals surface area contributed by atoms with Crippen molar-refractivity contribution in [2.45, 2.75) is 40.4 Å². The predicted molar refractivity (Wildman–Crippen MR) is 115 cm³/mol. The van der Waals surface area contributed by atoms with Crippen molar-refractivity contribution >= 4 is 23.7 Å². The second kappa shape index (κ2) is 11.6. The maximum Gasteiger partial charge on any atom is 0.354 e. The van der Waals surface area contributed by atoms with Gasteiger partial charge in [-0.2, -0.15) is 0 Å². The number of nitrogens with zero attached hydrogens (tertiary/aromatic N) is 1. The zero-order chi connectivity index (χ0) is 21.3. The SMILES string of the molecule is CCOC(=O)/C(=C/C=C(/C(=O)OCC)N(C)C)SCc1c(C)cc(C)cc1C. The molecule has 0 unspecified atom stereocenters. The summed E-state index contributed by atoms with van der Waals surface area (Å²) in [4.78, 5) is 26.6. The van der Waals surface area contributed by atoms with E-state index in [1.165, 1.54) is 34.0 Å². The fourth-order valence-corrected chi connectivity index (χ4v) is 3.82. The summed E-state index contributed by atoms with van der Waals surface area (Å²) in [5.41, 5.74) is 5.19. The van der Waals surface area contributed by atoms with Gasteiger partial charge in [-0.05, 0) is 63.5 Å². The molecule has 1 aromatic carbocycles. The van der Waals surface area contributed by atoms with Crippen LogP contribution in [-0.2, 0) is 24.8 Å². The molecule has 6 heteroatoms. The van der Waals surface area contributed by atoms with Crippen LogP contribution in [-0.4, -0.2) is 44.1 Å². The van der Waals surface area contributed by atoms with E-state index in [1.807, 2.05) is 0 Å². The highest BCUT2D eigenvalue weighted by molar-refractivity contribution is 8.03. The zero-order valence-corrected chi connectivity index (χ0v) is 18.7. The molecule has 0 radical (unpaired) electrons. The summed E-state index contributed by atoms with van der Waals surface area (Å²) in [6, 6.07) is 4.28. The van der Waals surface area contributed by atoms with E-state index in [-0.39, 0.29) is 0 Å². The molecule has 0 fully saturated rings. The van der Waals surface area contributed by atoms with Crippen LogP contribution in [0, 0.1) is 20.8 Å². The lowest BCUT2D eigenvalue weighted by Gasteiger charge is -2.15. The van der Waals surface area contributed by atoms with Crippen molar-refractivity contribution in [3.63, 3.8) is 0 Å². The van der Waals surface area contributed by atoms with Crippen LogP contribution in [0.3, 0.4) is 0 Å². The van der Waals surface area contributed by atoms with Gasteiger partial charge in [-0.3, -0.25) is 0 Å². The molecule has 5 nitrogen and oxygen atoms in total. The van der Waals surface area contributed by atoms with Crippen molar-refractivity contribution < 1.29 is 19.1 Å². The first-order valence-electron chi connectivity index (χ1n) is 9.34. The molecule has 0 saturated heterocycles. The minimum absolute atomic E-state index is 0.291. The number of ether oxygens (including phenoxy) is 2. The summed E-state index contributed by atoms with van der Waals surface area (Å²) in [6.45, 7) is 10.3. The number of allylic oxidation sites excluding steroid dienone is 2. The Hall–Kier alpha value is -2.21. The summed E-state index contributed by atoms with van der Waals surface area (Å²) in [5, 5.41) is 0. The molecule has 1 rings (SSSR count). The Bertz CT molecular complexity index is 743. The third kappa shape index (κ3) is 7.08. The summed E-state index contributed by atoms with van der Waals surface area (Å²) in [5.74, 6) is -0.178. The number of thioether (sulfide) groups is 1. The average molecular weight is 406 g/mol. The van der Waals surface area contributed by atoms with Gasteiger partial charge in [0.2, 0.25) is 0 Å². The molecule has 1 aromatic rings. The van der Waals surface area contributed by atoms with Crippen molar-refractivity contribution in [1.82, 2.24) is 4.90 Å². The molecule has 0 amide bonds. The molecule has 0 spiro atoms. The lowest BCUT2D eigenvalue weighted by atomic mass is 10.0. The van der Waals surface area contributed by atoms with Crippen molar-refractivity contribution in [1.29, 1.82) is 0 Å². The molecule has 0 aliphatic carbocycles. The quantitative estimate of drug-likeness (QED) is 0.347. The number of rotatable bonds is 9. The van der Waals surface area contributed by atoms with Gasteiger partial charge in [-0.25, -0.2) is 9.59 Å². The average Bonchev–Trinajstić information content (AvgIpc) is 2.59. The second-order valence-corrected chi connectivity index (χ2v) is 7.60. The third-order valence-electron chi connectivity index (χ3n) is 4.05. The van der Waals surface area contributed by atoms with Crippen LogP contribution in [0.4, 0.5) is 0 Å². The van der Waals surface area contributed by atoms with Gasteiger partial charge in [0.05, 0.1) is 18.1 Å². The van der Waals surface area contributed by atoms with E-state index in [1.54, 1.807) is 45.0 Å². The summed E-state index contributed by atoms with van der Waals surface area (Å²) in [7, 11) is 3.51. The van der Waals surface area contributed by atoms with Gasteiger partial charge in [-0.1, -0.05) is 17.7 Å². The van der Waals surface area contributed by atoms with Crippen LogP contribution < -0.4 is 0 Å². The molecule has 0 atom stereocenters. The minimum Gasteiger partial charge on any atom is -0.462 e. The number of aryl methyl sites for hydroxylation is 3. The number of carbonyl (C=O) groups excluding carboxylic acids is 2. The number of likely N-dealkylation sites (N-methyl/N-ethyl adjacent to an activating group) is 1. The molecular weight excluding hydrogens is 374 g/mol. The van der Waals surface area contributed by atoms with Gasteiger partial charge in [0.1, 0.15) is 5.70 Å². The standard InChI is InChI=1S/C22H31NO4S/c1-8-26-21(24)19(23(6)7)10-11-20(22(25)27-9-2)28-14-18-16(4)12-15(3)13-17(18)5/h10-13H,8-9,14H2,1-7H3/b19-10-,20-11-. The highest BCUT2D eigenvalue weighted by atomic mass is 32.2. The van der Waals surface area contributed by atoms with Gasteiger partial charge in [-0.15, -0.1) is 11.8 Å². The molecule has 0 heterocycles. The van der Waals surface area contributed by atoms with Crippen LogP contribution in [0.5, 0.6) is 0 Å². The van der Waals surface area contributed by atoms with Crippen LogP contribution in [0.2, 0.25) is 0 Å². The van der Waals surface area contributed by atoms with Crippen LogP contribution >= 0.6 is 11.8 Å². The highest BCUT2D eigenvalue weighted by Gasteiger charge is 2.15. The number of hydrogen-bond donors (Lipinski definition) is 0. The number of carbonyl (C=O) groups is 2. The van der Waals surface area contributed by atoms with E-state index in [0.29, 0.717) is 29.6 Å². The molecule has 0 N–H and O–H groups in total. The topological polar surface area (TPSA) is 55.8 Å². The smallest absolute Gasteiger partial charge is 0.354 e. The molecule has 0 aliphatic heterocycles. The Labute approximate surface area is 172 Å². The Morgan fingerprint density at radius 3 is 2.00 bits per heavy atom. The second-order valence-electron chi connectivity index (χ2n) is 6.58. The van der Waals surface area contributed by atoms with Gasteiger partial charge in [0, 0.05) is 19.8 Å². The molecule has 0 aromatic heterocycles. The van der Waals surface area contributed by atoms with Crippen LogP contribution in [0.25, 0.3) is 0 Å². The summed E-state index contributed by atoms with van der Waals surface area (Å²) in [6.07, 6.45) is 3.24. The third-order valence-corrected chi connectivity index (χ3v) is 5.09. The number of benzene rings is 1. The van der Waals surface area contributed by atoms with Gasteiger partial charge in [0.25, 0.3) is 0 Å². The first-order chi connectivity index (χ1) is 13.2. The monoisotopic (exact) mass is 405 g/mol. The number of hydrogen-bond acceptors (Lipinski definition) is 6. The largest absolute Gasteiger partial charge is 0.462 e. The van der Waals surface area contributed by atoms with Crippen molar-refractivity contribution in [2.24, 2.45) is 0 Å². The fourth-order valence-electron chi connectivity index (χ4n) is 2.72. The van der Waals surface area contributed by atoms with Crippen molar-refractivity contribution in [3.8, 4) is 0 Å². The zero-order valence-electron chi connectivity index (χ0n) is 17.9. The Morgan fingerprint density at radius 1 is 0.964 bits per heavy atom. The predicted octanol–water partition coefficient (Wildman–Crippen LogP) is 4.30. The minimum atomic E-state index is -0.429. The maximum atomic E-state index is 12.4. The normalized spacial score (nSPS) is 12.0. The van der Waals surface area contributed by atoms with Gasteiger partial charge in [0.15, 0.2) is 0 Å². The van der Waals surface area contributed by atoms with Crippen molar-refractivity contribution in [3.05, 3.63) is 57.1 Å². The molecule has 0 aliphatic rings. The maximum absolute atomic E-state index is 12.4. The van der Waals surface area contributed by atoms with E-state index in [0.717, 1.165) is 0 Å². The van der Waals surface area contributed by atoms with Crippen molar-refractivity contribution in [2.75, 3.05) is 27.3 Å². The van der Waals surface area contributed by atoms with Crippen LogP contribution in [0.1, 0.15) is 36.1 Å². The van der Waals surface area contributed by atoms with E-state index in [9.17, 15) is 9.59 Å². The lowest BCUT2D eigenvalue weighted by Crippen LogP contribution is -2.21. The van der Waals surface area contributed by atoms with Gasteiger partial charge >= 0.3 is 11.9 Å². The number of esters is 2.